The molecule has 25 heavy (non-hydrogen) atoms. The van der Waals surface area contributed by atoms with Gasteiger partial charge in [-0.3, -0.25) is 0 Å². The summed E-state index contributed by atoms with van der Waals surface area (Å²) in [6, 6.07) is 5.61. The van der Waals surface area contributed by atoms with Crippen LogP contribution in [0, 0.1) is 0 Å². The van der Waals surface area contributed by atoms with E-state index in [1.807, 2.05) is 0 Å². The quantitative estimate of drug-likeness (QED) is 0.302. The van der Waals surface area contributed by atoms with Crippen LogP contribution >= 0.6 is 0 Å². The molecule has 0 fully saturated rings. The molecule has 4 nitrogen and oxygen atoms in total. The molecule has 0 saturated heterocycles. The Kier molecular flexibility index (Phi) is 14.9. The van der Waals surface area contributed by atoms with E-state index in [0.29, 0.717) is 12.2 Å². The van der Waals surface area contributed by atoms with Crippen LogP contribution in [0.4, 0.5) is 0 Å². The molecule has 0 unspecified atom stereocenters. The van der Waals surface area contributed by atoms with Crippen LogP contribution in [0.1, 0.15) is 91.8 Å². The van der Waals surface area contributed by atoms with Gasteiger partial charge in [0.15, 0.2) is 0 Å². The van der Waals surface area contributed by atoms with E-state index in [4.69, 9.17) is 4.74 Å². The average molecular weight is 356 g/mol. The monoisotopic (exact) mass is 356 g/mol. The van der Waals surface area contributed by atoms with Gasteiger partial charge in [-0.15, -0.1) is 0 Å². The fraction of sp³-hybridized carbons (Fsp3) is 0.600. The summed E-state index contributed by atoms with van der Waals surface area (Å²) in [7, 11) is 0. The minimum atomic E-state index is -1.25. The van der Waals surface area contributed by atoms with Gasteiger partial charge in [-0.2, -0.15) is 0 Å². The van der Waals surface area contributed by atoms with Crippen molar-refractivity contribution in [3.8, 4) is 0 Å². The van der Waals surface area contributed by atoms with Crippen LogP contribution in [0.5, 0.6) is 0 Å². The third-order valence-corrected chi connectivity index (χ3v) is 4.09. The Morgan fingerprint density at radius 1 is 0.800 bits per heavy atom. The molecular weight excluding hydrogens is 327 g/mol. The van der Waals surface area contributed by atoms with Crippen molar-refractivity contribution >= 4 is 11.9 Å². The van der Waals surface area contributed by atoms with Gasteiger partial charge in [-0.1, -0.05) is 76.8 Å². The van der Waals surface area contributed by atoms with Crippen molar-refractivity contribution in [2.24, 2.45) is 0 Å². The smallest absolute Gasteiger partial charge is 0.545 e. The van der Waals surface area contributed by atoms with E-state index in [1.165, 1.54) is 75.6 Å². The maximum absolute atomic E-state index is 11.8. The number of esters is 1. The first-order chi connectivity index (χ1) is 11.6. The number of carboxylic acids is 1. The van der Waals surface area contributed by atoms with E-state index >= 15 is 0 Å². The first-order valence-electron chi connectivity index (χ1n) is 9.13. The maximum Gasteiger partial charge on any atom is 1.00 e. The summed E-state index contributed by atoms with van der Waals surface area (Å²) in [6.45, 7) is 2.65. The van der Waals surface area contributed by atoms with E-state index < -0.39 is 11.9 Å². The summed E-state index contributed by atoms with van der Waals surface area (Å²) in [5.41, 5.74) is 0.424. The van der Waals surface area contributed by atoms with Gasteiger partial charge >= 0.3 is 35.5 Å². The Morgan fingerprint density at radius 3 is 1.72 bits per heavy atom. The third kappa shape index (κ3) is 11.4. The Balaban J connectivity index is 0.00000576. The van der Waals surface area contributed by atoms with Crippen molar-refractivity contribution in [3.63, 3.8) is 0 Å². The Hall–Kier alpha value is -0.840. The molecule has 0 N–H and O–H groups in total. The van der Waals surface area contributed by atoms with E-state index in [9.17, 15) is 14.7 Å². The van der Waals surface area contributed by atoms with Crippen LogP contribution < -0.4 is 34.7 Å². The first-order valence-corrected chi connectivity index (χ1v) is 9.13. The number of hydrogen-bond donors (Lipinski definition) is 0. The van der Waals surface area contributed by atoms with Gasteiger partial charge in [0.2, 0.25) is 0 Å². The Morgan fingerprint density at radius 2 is 1.24 bits per heavy atom. The molecule has 0 heterocycles. The second-order valence-electron chi connectivity index (χ2n) is 6.18. The molecule has 0 radical (unpaired) electrons. The topological polar surface area (TPSA) is 66.4 Å². The number of rotatable bonds is 13. The molecule has 0 aromatic heterocycles. The van der Waals surface area contributed by atoms with Crippen molar-refractivity contribution in [1.29, 1.82) is 0 Å². The molecule has 0 spiro atoms. The van der Waals surface area contributed by atoms with Gasteiger partial charge in [0, 0.05) is 0 Å². The normalized spacial score (nSPS) is 10.1. The first kappa shape index (κ1) is 24.2. The van der Waals surface area contributed by atoms with Crippen LogP contribution in [-0.4, -0.2) is 18.5 Å². The second-order valence-corrected chi connectivity index (χ2v) is 6.18. The minimum Gasteiger partial charge on any atom is -0.545 e. The van der Waals surface area contributed by atoms with Crippen molar-refractivity contribution in [2.75, 3.05) is 6.61 Å². The van der Waals surface area contributed by atoms with E-state index in [1.54, 1.807) is 0 Å². The van der Waals surface area contributed by atoms with E-state index in [0.717, 1.165) is 12.8 Å². The summed E-state index contributed by atoms with van der Waals surface area (Å²) < 4.78 is 5.20. The molecule has 0 aliphatic rings. The SMILES string of the molecule is CCCCCCCCCCCCOC(=O)c1ccc(C(=O)[O-])cc1.[Na+]. The zero-order chi connectivity index (χ0) is 17.6. The largest absolute Gasteiger partial charge is 1.00 e. The number of ether oxygens (including phenoxy) is 1. The Labute approximate surface area is 173 Å². The number of unbranched alkanes of at least 4 members (excludes halogenated alkanes) is 9. The molecule has 0 bridgehead atoms. The summed E-state index contributed by atoms with van der Waals surface area (Å²) in [4.78, 5) is 22.4. The predicted molar refractivity (Wildman–Crippen MR) is 92.9 cm³/mol. The average Bonchev–Trinajstić information content (AvgIpc) is 2.59. The molecule has 0 aliphatic carbocycles. The minimum absolute atomic E-state index is 0. The standard InChI is InChI=1S/C20H30O4.Na/c1-2-3-4-5-6-7-8-9-10-11-16-24-20(23)18-14-12-17(13-15-18)19(21)22;/h12-15H,2-11,16H2,1H3,(H,21,22);/q;+1/p-1. The van der Waals surface area contributed by atoms with Crippen LogP contribution in [0.25, 0.3) is 0 Å². The molecule has 134 valence electrons. The maximum atomic E-state index is 11.8. The van der Waals surface area contributed by atoms with Gasteiger partial charge in [0.1, 0.15) is 0 Å². The van der Waals surface area contributed by atoms with Crippen molar-refractivity contribution < 1.29 is 49.0 Å². The van der Waals surface area contributed by atoms with Crippen molar-refractivity contribution in [2.45, 2.75) is 71.1 Å². The molecular formula is C20H29NaO4. The third-order valence-electron chi connectivity index (χ3n) is 4.09. The number of hydrogen-bond acceptors (Lipinski definition) is 4. The summed E-state index contributed by atoms with van der Waals surface area (Å²) in [5.74, 6) is -1.66. The fourth-order valence-electron chi connectivity index (χ4n) is 2.58. The van der Waals surface area contributed by atoms with Crippen LogP contribution in [-0.2, 0) is 4.74 Å². The number of carbonyl (C=O) groups is 2. The van der Waals surface area contributed by atoms with Gasteiger partial charge in [-0.25, -0.2) is 4.79 Å². The number of carbonyl (C=O) groups excluding carboxylic acids is 2. The molecule has 0 atom stereocenters. The van der Waals surface area contributed by atoms with Crippen molar-refractivity contribution in [3.05, 3.63) is 35.4 Å². The number of carboxylic acid groups (broad SMARTS) is 1. The summed E-state index contributed by atoms with van der Waals surface area (Å²) >= 11 is 0. The zero-order valence-corrected chi connectivity index (χ0v) is 17.7. The second kappa shape index (κ2) is 15.4. The van der Waals surface area contributed by atoms with Gasteiger partial charge in [-0.05, 0) is 24.1 Å². The van der Waals surface area contributed by atoms with Crippen molar-refractivity contribution in [1.82, 2.24) is 0 Å². The molecule has 1 aromatic carbocycles. The van der Waals surface area contributed by atoms with Gasteiger partial charge in [0.25, 0.3) is 0 Å². The summed E-state index contributed by atoms with van der Waals surface area (Å²) in [6.07, 6.45) is 12.4. The van der Waals surface area contributed by atoms with Crippen LogP contribution in [0.3, 0.4) is 0 Å². The van der Waals surface area contributed by atoms with Crippen LogP contribution in [0.2, 0.25) is 0 Å². The van der Waals surface area contributed by atoms with Gasteiger partial charge in [0.05, 0.1) is 18.1 Å². The molecule has 0 amide bonds. The zero-order valence-electron chi connectivity index (χ0n) is 15.7. The number of aromatic carboxylic acids is 1. The molecule has 1 aromatic rings. The molecule has 0 saturated carbocycles. The summed E-state index contributed by atoms with van der Waals surface area (Å²) in [5, 5.41) is 10.6. The fourth-order valence-corrected chi connectivity index (χ4v) is 2.58. The van der Waals surface area contributed by atoms with E-state index in [2.05, 4.69) is 6.92 Å². The molecule has 0 aliphatic heterocycles. The van der Waals surface area contributed by atoms with E-state index in [-0.39, 0.29) is 35.1 Å². The number of benzene rings is 1. The predicted octanol–water partition coefficient (Wildman–Crippen LogP) is 1.13. The Bertz CT molecular complexity index is 485. The molecule has 5 heteroatoms. The van der Waals surface area contributed by atoms with Crippen LogP contribution in [0.15, 0.2) is 24.3 Å². The molecule has 1 rings (SSSR count). The van der Waals surface area contributed by atoms with Gasteiger partial charge < -0.3 is 14.6 Å².